The molecule has 5 heteroatoms. The van der Waals surface area contributed by atoms with Gasteiger partial charge in [-0.3, -0.25) is 4.68 Å². The molecule has 0 atom stereocenters. The molecule has 1 N–H and O–H groups in total. The van der Waals surface area contributed by atoms with Crippen molar-refractivity contribution in [2.75, 3.05) is 5.32 Å². The highest BCUT2D eigenvalue weighted by atomic mass is 35.5. The summed E-state index contributed by atoms with van der Waals surface area (Å²) < 4.78 is 14.8. The molecule has 0 aliphatic rings. The second kappa shape index (κ2) is 5.40. The van der Waals surface area contributed by atoms with E-state index in [2.05, 4.69) is 24.3 Å². The molecule has 96 valence electrons. The van der Waals surface area contributed by atoms with E-state index in [1.807, 2.05) is 17.1 Å². The summed E-state index contributed by atoms with van der Waals surface area (Å²) in [6.07, 6.45) is 3.79. The fraction of sp³-hybridized carbons (Fsp3) is 0.308. The molecule has 0 saturated heterocycles. The molecule has 0 radical (unpaired) electrons. The van der Waals surface area contributed by atoms with Crippen molar-refractivity contribution in [2.24, 2.45) is 0 Å². The van der Waals surface area contributed by atoms with Gasteiger partial charge in [-0.25, -0.2) is 4.39 Å². The molecule has 3 nitrogen and oxygen atoms in total. The molecule has 0 fully saturated rings. The predicted octanol–water partition coefficient (Wildman–Crippen LogP) is 3.87. The zero-order valence-corrected chi connectivity index (χ0v) is 11.1. The molecule has 0 spiro atoms. The highest BCUT2D eigenvalue weighted by Gasteiger charge is 2.04. The van der Waals surface area contributed by atoms with E-state index in [0.717, 1.165) is 11.3 Å². The molecule has 0 amide bonds. The van der Waals surface area contributed by atoms with Crippen molar-refractivity contribution < 1.29 is 4.39 Å². The second-order valence-electron chi connectivity index (χ2n) is 4.40. The molecule has 2 rings (SSSR count). The number of nitrogens with zero attached hydrogens (tertiary/aromatic N) is 2. The highest BCUT2D eigenvalue weighted by Crippen LogP contribution is 2.22. The Bertz CT molecular complexity index is 537. The molecular weight excluding hydrogens is 253 g/mol. The smallest absolute Gasteiger partial charge is 0.124 e. The Hall–Kier alpha value is -1.55. The average molecular weight is 268 g/mol. The summed E-state index contributed by atoms with van der Waals surface area (Å²) in [7, 11) is 0. The van der Waals surface area contributed by atoms with Crippen LogP contribution in [0.2, 0.25) is 5.02 Å². The van der Waals surface area contributed by atoms with Gasteiger partial charge in [-0.05, 0) is 32.0 Å². The Morgan fingerprint density at radius 2 is 2.22 bits per heavy atom. The van der Waals surface area contributed by atoms with Gasteiger partial charge in [0.25, 0.3) is 0 Å². The molecule has 0 aliphatic carbocycles. The summed E-state index contributed by atoms with van der Waals surface area (Å²) in [6.45, 7) is 4.75. The summed E-state index contributed by atoms with van der Waals surface area (Å²) in [5.41, 5.74) is 1.78. The maximum Gasteiger partial charge on any atom is 0.124 e. The fourth-order valence-electron chi connectivity index (χ4n) is 1.58. The van der Waals surface area contributed by atoms with Crippen LogP contribution in [0.15, 0.2) is 30.6 Å². The van der Waals surface area contributed by atoms with Crippen LogP contribution in [-0.2, 0) is 6.54 Å². The fourth-order valence-corrected chi connectivity index (χ4v) is 1.82. The lowest BCUT2D eigenvalue weighted by Gasteiger charge is -2.07. The van der Waals surface area contributed by atoms with Crippen molar-refractivity contribution in [2.45, 2.75) is 26.4 Å². The number of aromatic nitrogens is 2. The predicted molar refractivity (Wildman–Crippen MR) is 71.3 cm³/mol. The average Bonchev–Trinajstić information content (AvgIpc) is 2.76. The Morgan fingerprint density at radius 3 is 2.83 bits per heavy atom. The lowest BCUT2D eigenvalue weighted by Crippen LogP contribution is -2.01. The molecule has 0 aliphatic heterocycles. The molecule has 1 heterocycles. The van der Waals surface area contributed by atoms with E-state index < -0.39 is 0 Å². The van der Waals surface area contributed by atoms with Crippen molar-refractivity contribution in [1.82, 2.24) is 9.78 Å². The molecule has 18 heavy (non-hydrogen) atoms. The Labute approximate surface area is 111 Å². The third-order valence-electron chi connectivity index (χ3n) is 2.60. The van der Waals surface area contributed by atoms with Gasteiger partial charge in [0, 0.05) is 24.3 Å². The van der Waals surface area contributed by atoms with E-state index in [0.29, 0.717) is 17.6 Å². The van der Waals surface area contributed by atoms with E-state index in [1.165, 1.54) is 12.1 Å². The Kier molecular flexibility index (Phi) is 3.87. The van der Waals surface area contributed by atoms with E-state index in [1.54, 1.807) is 6.07 Å². The van der Waals surface area contributed by atoms with Crippen LogP contribution in [0.1, 0.15) is 25.5 Å². The van der Waals surface area contributed by atoms with Crippen LogP contribution in [0.4, 0.5) is 10.1 Å². The largest absolute Gasteiger partial charge is 0.380 e. The normalized spacial score (nSPS) is 10.9. The van der Waals surface area contributed by atoms with Gasteiger partial charge in [-0.2, -0.15) is 5.10 Å². The second-order valence-corrected chi connectivity index (χ2v) is 4.81. The van der Waals surface area contributed by atoms with Gasteiger partial charge >= 0.3 is 0 Å². The first-order valence-electron chi connectivity index (χ1n) is 5.78. The minimum absolute atomic E-state index is 0.335. The van der Waals surface area contributed by atoms with Gasteiger partial charge in [0.15, 0.2) is 0 Å². The molecule has 1 aromatic heterocycles. The number of halogens is 2. The number of hydrogen-bond donors (Lipinski definition) is 1. The Morgan fingerprint density at radius 1 is 1.44 bits per heavy atom. The maximum absolute atomic E-state index is 12.9. The van der Waals surface area contributed by atoms with Crippen molar-refractivity contribution >= 4 is 17.3 Å². The van der Waals surface area contributed by atoms with Crippen molar-refractivity contribution in [3.63, 3.8) is 0 Å². The van der Waals surface area contributed by atoms with Gasteiger partial charge in [0.05, 0.1) is 16.9 Å². The number of benzene rings is 1. The van der Waals surface area contributed by atoms with Gasteiger partial charge in [-0.1, -0.05) is 11.6 Å². The van der Waals surface area contributed by atoms with E-state index in [9.17, 15) is 4.39 Å². The summed E-state index contributed by atoms with van der Waals surface area (Å²) in [5, 5.41) is 7.79. The lowest BCUT2D eigenvalue weighted by atomic mass is 10.3. The van der Waals surface area contributed by atoms with Gasteiger partial charge in [-0.15, -0.1) is 0 Å². The molecule has 2 aromatic rings. The van der Waals surface area contributed by atoms with Crippen LogP contribution in [0.5, 0.6) is 0 Å². The van der Waals surface area contributed by atoms with E-state index in [4.69, 9.17) is 11.6 Å². The van der Waals surface area contributed by atoms with Crippen LogP contribution in [0.3, 0.4) is 0 Å². The summed E-state index contributed by atoms with van der Waals surface area (Å²) in [4.78, 5) is 0. The van der Waals surface area contributed by atoms with Crippen LogP contribution in [0.25, 0.3) is 0 Å². The summed E-state index contributed by atoms with van der Waals surface area (Å²) >= 11 is 5.93. The van der Waals surface area contributed by atoms with E-state index >= 15 is 0 Å². The molecule has 1 aromatic carbocycles. The van der Waals surface area contributed by atoms with Gasteiger partial charge in [0.1, 0.15) is 5.82 Å². The first-order valence-corrected chi connectivity index (χ1v) is 6.16. The maximum atomic E-state index is 12.9. The van der Waals surface area contributed by atoms with Gasteiger partial charge < -0.3 is 5.32 Å². The molecule has 0 saturated carbocycles. The van der Waals surface area contributed by atoms with Gasteiger partial charge in [0.2, 0.25) is 0 Å². The minimum atomic E-state index is -0.335. The summed E-state index contributed by atoms with van der Waals surface area (Å²) in [5.74, 6) is -0.335. The number of hydrogen-bond acceptors (Lipinski definition) is 2. The van der Waals surface area contributed by atoms with Crippen LogP contribution >= 0.6 is 11.6 Å². The van der Waals surface area contributed by atoms with Crippen molar-refractivity contribution in [3.8, 4) is 0 Å². The first-order chi connectivity index (χ1) is 8.56. The van der Waals surface area contributed by atoms with Crippen LogP contribution in [0, 0.1) is 5.82 Å². The standard InChI is InChI=1S/C13H15ClFN3/c1-9(2)18-8-10(7-17-18)6-16-13-4-3-11(15)5-12(13)14/h3-5,7-9,16H,6H2,1-2H3. The zero-order chi connectivity index (χ0) is 13.1. The number of anilines is 1. The van der Waals surface area contributed by atoms with Crippen LogP contribution < -0.4 is 5.32 Å². The number of rotatable bonds is 4. The Balaban J connectivity index is 2.02. The monoisotopic (exact) mass is 267 g/mol. The molecule has 0 bridgehead atoms. The van der Waals surface area contributed by atoms with Crippen molar-refractivity contribution in [1.29, 1.82) is 0 Å². The zero-order valence-electron chi connectivity index (χ0n) is 10.3. The lowest BCUT2D eigenvalue weighted by molar-refractivity contribution is 0.532. The third-order valence-corrected chi connectivity index (χ3v) is 2.91. The highest BCUT2D eigenvalue weighted by molar-refractivity contribution is 6.33. The SMILES string of the molecule is CC(C)n1cc(CNc2ccc(F)cc2Cl)cn1. The molecule has 0 unspecified atom stereocenters. The molecular formula is C13H15ClFN3. The van der Waals surface area contributed by atoms with E-state index in [-0.39, 0.29) is 5.82 Å². The number of nitrogens with one attached hydrogen (secondary N) is 1. The minimum Gasteiger partial charge on any atom is -0.380 e. The third kappa shape index (κ3) is 3.01. The van der Waals surface area contributed by atoms with Crippen LogP contribution in [-0.4, -0.2) is 9.78 Å². The quantitative estimate of drug-likeness (QED) is 0.911. The topological polar surface area (TPSA) is 29.9 Å². The van der Waals surface area contributed by atoms with Crippen molar-refractivity contribution in [3.05, 3.63) is 47.0 Å². The first kappa shape index (κ1) is 12.9. The summed E-state index contributed by atoms with van der Waals surface area (Å²) in [6, 6.07) is 4.64.